The van der Waals surface area contributed by atoms with E-state index in [4.69, 9.17) is 0 Å². The molecule has 12 aromatic carbocycles. The van der Waals surface area contributed by atoms with Gasteiger partial charge in [0.05, 0.1) is 16.8 Å². The maximum atomic E-state index is 4.41. The van der Waals surface area contributed by atoms with Gasteiger partial charge in [-0.2, -0.15) is 0 Å². The fourth-order valence-electron chi connectivity index (χ4n) is 16.5. The van der Waals surface area contributed by atoms with Crippen LogP contribution in [0, 0.1) is 20.8 Å². The molecule has 0 bridgehead atoms. The van der Waals surface area contributed by atoms with Gasteiger partial charge in [-0.3, -0.25) is 0 Å². The second kappa shape index (κ2) is 21.1. The summed E-state index contributed by atoms with van der Waals surface area (Å²) in [6, 6.07) is 99.0. The lowest BCUT2D eigenvalue weighted by molar-refractivity contribution is 0.332. The molecule has 16 rings (SSSR count). The Labute approximate surface area is 539 Å². The van der Waals surface area contributed by atoms with Crippen LogP contribution in [-0.4, -0.2) is 7.28 Å². The Morgan fingerprint density at radius 1 is 0.396 bits per heavy atom. The standard InChI is InChI=1S/C87H76BN3/c1-55-51-72-73(85(6,7)48-47-84(72,4)5)54-75(55)89-82-65(43-44-70-80(82)66-35-22-23-36-68(66)86(70,8)9)67-52-64(90(76-45-41-60(49-56(76)2)58-27-14-10-15-28-58)77-46-42-61(50-57(77)3)59-29-16-11-17-30-59)53-79-81(67)88-74-39-26-38-71-83(74)91(79)78-40-25-24-37-69(78)87(71,62-31-18-12-19-32-62)63-33-20-13-21-34-63/h10-46,49-54,88-89H,47-48H2,1-9H3. The SMILES string of the molecule is Cc1cc2c(cc1Nc1c(-c3cc(N(c4ccc(-c5ccccc5)cc4C)c4ccc(-c5ccccc5)cc4C)cc4c3Bc3cccc5c3N4c3ccccc3C5(c3ccccc3)c3ccccc3)ccc3c1-c1ccccc1C3(C)C)C(C)(C)CCC2(C)C. The zero-order valence-corrected chi connectivity index (χ0v) is 53.8. The summed E-state index contributed by atoms with van der Waals surface area (Å²) in [6.07, 6.45) is 2.31. The van der Waals surface area contributed by atoms with Gasteiger partial charge in [-0.1, -0.05) is 259 Å². The van der Waals surface area contributed by atoms with Crippen LogP contribution in [0.2, 0.25) is 0 Å². The number of nitrogens with one attached hydrogen (secondary N) is 1. The maximum absolute atomic E-state index is 4.41. The second-order valence-electron chi connectivity index (χ2n) is 28.1. The summed E-state index contributed by atoms with van der Waals surface area (Å²) in [5.74, 6) is 0. The molecule has 0 saturated carbocycles. The topological polar surface area (TPSA) is 18.5 Å². The summed E-state index contributed by atoms with van der Waals surface area (Å²) in [4.78, 5) is 5.24. The molecule has 2 heterocycles. The van der Waals surface area contributed by atoms with E-state index < -0.39 is 5.41 Å². The molecule has 0 fully saturated rings. The summed E-state index contributed by atoms with van der Waals surface area (Å²) in [5, 5.41) is 4.41. The monoisotopic (exact) mass is 1170 g/mol. The molecule has 0 aromatic heterocycles. The highest BCUT2D eigenvalue weighted by molar-refractivity contribution is 6.73. The number of para-hydroxylation sites is 2. The highest BCUT2D eigenvalue weighted by Crippen LogP contribution is 2.60. The Balaban J connectivity index is 1.02. The fraction of sp³-hybridized carbons (Fsp3) is 0.172. The molecule has 4 aliphatic rings. The van der Waals surface area contributed by atoms with Crippen LogP contribution in [-0.2, 0) is 21.7 Å². The third-order valence-corrected chi connectivity index (χ3v) is 21.4. The van der Waals surface area contributed by atoms with Gasteiger partial charge >= 0.3 is 0 Å². The van der Waals surface area contributed by atoms with Crippen LogP contribution >= 0.6 is 0 Å². The van der Waals surface area contributed by atoms with E-state index in [1.54, 1.807) is 0 Å². The third kappa shape index (κ3) is 8.77. The van der Waals surface area contributed by atoms with Crippen molar-refractivity contribution >= 4 is 63.7 Å². The molecule has 0 atom stereocenters. The molecule has 0 unspecified atom stereocenters. The van der Waals surface area contributed by atoms with Crippen molar-refractivity contribution in [1.29, 1.82) is 0 Å². The Bertz CT molecular complexity index is 4760. The summed E-state index contributed by atoms with van der Waals surface area (Å²) >= 11 is 0. The Kier molecular flexibility index (Phi) is 13.1. The molecule has 12 aromatic rings. The van der Waals surface area contributed by atoms with Gasteiger partial charge in [0.15, 0.2) is 7.28 Å². The first kappa shape index (κ1) is 56.3. The molecule has 2 aliphatic carbocycles. The van der Waals surface area contributed by atoms with Gasteiger partial charge in [0, 0.05) is 50.7 Å². The number of hydrogen-bond acceptors (Lipinski definition) is 3. The lowest BCUT2D eigenvalue weighted by atomic mass is 9.54. The van der Waals surface area contributed by atoms with Crippen LogP contribution in [0.15, 0.2) is 261 Å². The van der Waals surface area contributed by atoms with Gasteiger partial charge in [0.25, 0.3) is 0 Å². The maximum Gasteiger partial charge on any atom is 0.198 e. The lowest BCUT2D eigenvalue weighted by Gasteiger charge is -2.49. The van der Waals surface area contributed by atoms with E-state index in [0.29, 0.717) is 0 Å². The van der Waals surface area contributed by atoms with E-state index in [2.05, 4.69) is 338 Å². The third-order valence-electron chi connectivity index (χ3n) is 21.4. The van der Waals surface area contributed by atoms with Gasteiger partial charge in [-0.25, -0.2) is 0 Å². The van der Waals surface area contributed by atoms with E-state index in [1.165, 1.54) is 140 Å². The van der Waals surface area contributed by atoms with Gasteiger partial charge in [-0.15, -0.1) is 0 Å². The van der Waals surface area contributed by atoms with Crippen molar-refractivity contribution < 1.29 is 0 Å². The first-order valence-corrected chi connectivity index (χ1v) is 32.7. The van der Waals surface area contributed by atoms with E-state index in [-0.39, 0.29) is 16.2 Å². The normalized spacial score (nSPS) is 15.4. The summed E-state index contributed by atoms with van der Waals surface area (Å²) in [5.41, 5.74) is 35.1. The number of hydrogen-bond donors (Lipinski definition) is 1. The largest absolute Gasteiger partial charge is 0.354 e. The molecule has 4 heteroatoms. The fourth-order valence-corrected chi connectivity index (χ4v) is 16.5. The Hall–Kier alpha value is -9.90. The minimum absolute atomic E-state index is 0.0202. The molecule has 2 aliphatic heterocycles. The molecular weight excluding hydrogens is 1100 g/mol. The minimum atomic E-state index is -0.617. The quantitative estimate of drug-likeness (QED) is 0.138. The van der Waals surface area contributed by atoms with Crippen molar-refractivity contribution in [2.45, 2.75) is 96.8 Å². The number of fused-ring (bicyclic) bond motifs is 8. The average Bonchev–Trinajstić information content (AvgIpc) is 1.05. The van der Waals surface area contributed by atoms with Crippen LogP contribution in [0.5, 0.6) is 0 Å². The average molecular weight is 1170 g/mol. The van der Waals surface area contributed by atoms with E-state index >= 15 is 0 Å². The molecule has 0 amide bonds. The van der Waals surface area contributed by atoms with E-state index in [0.717, 1.165) is 42.1 Å². The molecule has 0 spiro atoms. The minimum Gasteiger partial charge on any atom is -0.354 e. The van der Waals surface area contributed by atoms with Crippen molar-refractivity contribution in [1.82, 2.24) is 0 Å². The summed E-state index contributed by atoms with van der Waals surface area (Å²) in [7, 11) is 0.724. The summed E-state index contributed by atoms with van der Waals surface area (Å²) in [6.45, 7) is 21.5. The van der Waals surface area contributed by atoms with Crippen LogP contribution in [0.25, 0.3) is 44.5 Å². The van der Waals surface area contributed by atoms with Gasteiger partial charge in [0.1, 0.15) is 0 Å². The van der Waals surface area contributed by atoms with Crippen molar-refractivity contribution in [3.8, 4) is 44.5 Å². The van der Waals surface area contributed by atoms with Crippen LogP contribution in [0.1, 0.15) is 116 Å². The van der Waals surface area contributed by atoms with Crippen molar-refractivity contribution in [2.75, 3.05) is 15.1 Å². The number of aryl methyl sites for hydroxylation is 3. The first-order chi connectivity index (χ1) is 44.1. The Morgan fingerprint density at radius 3 is 1.54 bits per heavy atom. The Morgan fingerprint density at radius 2 is 0.934 bits per heavy atom. The van der Waals surface area contributed by atoms with Gasteiger partial charge < -0.3 is 15.1 Å². The molecule has 0 radical (unpaired) electrons. The van der Waals surface area contributed by atoms with Crippen molar-refractivity contribution in [2.24, 2.45) is 0 Å². The molecule has 442 valence electrons. The van der Waals surface area contributed by atoms with Crippen LogP contribution < -0.4 is 26.0 Å². The van der Waals surface area contributed by atoms with Crippen molar-refractivity contribution in [3.63, 3.8) is 0 Å². The second-order valence-corrected chi connectivity index (χ2v) is 28.1. The molecule has 3 nitrogen and oxygen atoms in total. The highest BCUT2D eigenvalue weighted by Gasteiger charge is 2.49. The van der Waals surface area contributed by atoms with Gasteiger partial charge in [0.2, 0.25) is 0 Å². The molecule has 1 N–H and O–H groups in total. The predicted molar refractivity (Wildman–Crippen MR) is 387 cm³/mol. The van der Waals surface area contributed by atoms with Crippen LogP contribution in [0.3, 0.4) is 0 Å². The first-order valence-electron chi connectivity index (χ1n) is 32.7. The molecular formula is C87H76BN3. The van der Waals surface area contributed by atoms with Gasteiger partial charge in [-0.05, 0) is 193 Å². The predicted octanol–water partition coefficient (Wildman–Crippen LogP) is 21.3. The number of nitrogens with zero attached hydrogens (tertiary/aromatic N) is 2. The zero-order valence-electron chi connectivity index (χ0n) is 53.8. The smallest absolute Gasteiger partial charge is 0.198 e. The number of rotatable bonds is 10. The zero-order chi connectivity index (χ0) is 62.1. The lowest BCUT2D eigenvalue weighted by Crippen LogP contribution is -2.47. The molecule has 0 saturated heterocycles. The van der Waals surface area contributed by atoms with Crippen molar-refractivity contribution in [3.05, 3.63) is 322 Å². The highest BCUT2D eigenvalue weighted by atomic mass is 15.2. The number of anilines is 8. The molecule has 91 heavy (non-hydrogen) atoms. The van der Waals surface area contributed by atoms with Crippen LogP contribution in [0.4, 0.5) is 45.5 Å². The van der Waals surface area contributed by atoms with E-state index in [9.17, 15) is 0 Å². The summed E-state index contributed by atoms with van der Waals surface area (Å²) < 4.78 is 0. The van der Waals surface area contributed by atoms with E-state index in [1.807, 2.05) is 0 Å². The number of benzene rings is 12.